The van der Waals surface area contributed by atoms with Gasteiger partial charge in [0.1, 0.15) is 12.4 Å². The normalized spacial score (nSPS) is 19.7. The molecule has 240 valence electrons. The van der Waals surface area contributed by atoms with Crippen LogP contribution in [0.3, 0.4) is 0 Å². The Morgan fingerprint density at radius 2 is 1.74 bits per heavy atom. The fourth-order valence-corrected chi connectivity index (χ4v) is 8.42. The topological polar surface area (TPSA) is 78.2 Å². The lowest BCUT2D eigenvalue weighted by atomic mass is 9.95. The Morgan fingerprint density at radius 3 is 2.54 bits per heavy atom. The van der Waals surface area contributed by atoms with Crippen LogP contribution < -0.4 is 14.5 Å². The van der Waals surface area contributed by atoms with E-state index in [1.807, 2.05) is 4.90 Å². The highest BCUT2D eigenvalue weighted by Crippen LogP contribution is 2.40. The quantitative estimate of drug-likeness (QED) is 0.260. The number of benzene rings is 2. The number of hydrogen-bond acceptors (Lipinski definition) is 8. The first kappa shape index (κ1) is 29.3. The summed E-state index contributed by atoms with van der Waals surface area (Å²) >= 11 is 0. The Labute approximate surface area is 271 Å². The standard InChI is InChI=1S/C37H44N6O3/c1-2-27-9-3-10-28-11-4-12-31(33(27)28)42-21-14-29-30(25-42)38-36(46-26-37-15-6-19-43(37)20-7-16-37)39-34(29)40-17-8-18-41(23-22-40)35(44)32-13-5-24-45-32/h3-5,9-13,24H,2,6-8,14-23,25-26H2,1H3. The van der Waals surface area contributed by atoms with Crippen molar-refractivity contribution in [1.29, 1.82) is 0 Å². The molecule has 2 aromatic carbocycles. The minimum Gasteiger partial charge on any atom is -0.461 e. The van der Waals surface area contributed by atoms with Gasteiger partial charge in [-0.15, -0.1) is 0 Å². The van der Waals surface area contributed by atoms with Gasteiger partial charge in [-0.2, -0.15) is 9.97 Å². The lowest BCUT2D eigenvalue weighted by Gasteiger charge is -2.35. The third-order valence-electron chi connectivity index (χ3n) is 10.8. The van der Waals surface area contributed by atoms with Gasteiger partial charge in [0.05, 0.1) is 24.0 Å². The van der Waals surface area contributed by atoms with Crippen LogP contribution in [-0.4, -0.2) is 83.6 Å². The maximum Gasteiger partial charge on any atom is 0.318 e. The van der Waals surface area contributed by atoms with E-state index in [9.17, 15) is 4.79 Å². The Kier molecular flexibility index (Phi) is 7.80. The summed E-state index contributed by atoms with van der Waals surface area (Å²) in [5.41, 5.74) is 5.04. The van der Waals surface area contributed by atoms with E-state index in [4.69, 9.17) is 19.1 Å². The molecule has 0 aliphatic carbocycles. The molecule has 4 aliphatic rings. The van der Waals surface area contributed by atoms with Crippen LogP contribution in [0.15, 0.2) is 59.2 Å². The van der Waals surface area contributed by atoms with Crippen molar-refractivity contribution >= 4 is 28.2 Å². The zero-order chi connectivity index (χ0) is 31.1. The zero-order valence-corrected chi connectivity index (χ0v) is 26.9. The molecule has 0 unspecified atom stereocenters. The Morgan fingerprint density at radius 1 is 0.891 bits per heavy atom. The average molecular weight is 621 g/mol. The molecule has 1 amide bonds. The number of furan rings is 1. The molecule has 0 N–H and O–H groups in total. The van der Waals surface area contributed by atoms with Crippen molar-refractivity contribution in [2.24, 2.45) is 0 Å². The molecule has 8 rings (SSSR count). The lowest BCUT2D eigenvalue weighted by Crippen LogP contribution is -2.43. The summed E-state index contributed by atoms with van der Waals surface area (Å²) in [5, 5.41) is 2.63. The number of rotatable bonds is 7. The van der Waals surface area contributed by atoms with E-state index in [1.54, 1.807) is 18.4 Å². The van der Waals surface area contributed by atoms with Crippen molar-refractivity contribution < 1.29 is 13.9 Å². The lowest BCUT2D eigenvalue weighted by molar-refractivity contribution is 0.0735. The summed E-state index contributed by atoms with van der Waals surface area (Å²) in [7, 11) is 0. The van der Waals surface area contributed by atoms with Gasteiger partial charge in [0.2, 0.25) is 0 Å². The van der Waals surface area contributed by atoms with E-state index >= 15 is 0 Å². The summed E-state index contributed by atoms with van der Waals surface area (Å²) < 4.78 is 12.0. The predicted octanol–water partition coefficient (Wildman–Crippen LogP) is 5.71. The molecule has 4 aliphatic heterocycles. The van der Waals surface area contributed by atoms with Crippen LogP contribution in [0, 0.1) is 0 Å². The number of nitrogens with zero attached hydrogens (tertiary/aromatic N) is 6. The molecule has 3 fully saturated rings. The summed E-state index contributed by atoms with van der Waals surface area (Å²) in [6.45, 7) is 9.68. The number of aromatic nitrogens is 2. The molecule has 2 aromatic heterocycles. The maximum atomic E-state index is 13.1. The molecule has 0 radical (unpaired) electrons. The number of anilines is 2. The predicted molar refractivity (Wildman–Crippen MR) is 180 cm³/mol. The number of ether oxygens (including phenoxy) is 1. The van der Waals surface area contributed by atoms with Gasteiger partial charge in [-0.25, -0.2) is 0 Å². The van der Waals surface area contributed by atoms with Crippen molar-refractivity contribution in [3.8, 4) is 6.01 Å². The molecular weight excluding hydrogens is 576 g/mol. The van der Waals surface area contributed by atoms with Crippen molar-refractivity contribution in [3.05, 3.63) is 77.4 Å². The van der Waals surface area contributed by atoms with Gasteiger partial charge in [-0.1, -0.05) is 37.3 Å². The second-order valence-corrected chi connectivity index (χ2v) is 13.4. The summed E-state index contributed by atoms with van der Waals surface area (Å²) in [6.07, 6.45) is 9.13. The van der Waals surface area contributed by atoms with Crippen LogP contribution in [0.25, 0.3) is 10.8 Å². The first-order valence-corrected chi connectivity index (χ1v) is 17.2. The van der Waals surface area contributed by atoms with Crippen LogP contribution in [-0.2, 0) is 19.4 Å². The van der Waals surface area contributed by atoms with Crippen LogP contribution in [0.1, 0.15) is 66.4 Å². The second-order valence-electron chi connectivity index (χ2n) is 13.4. The largest absolute Gasteiger partial charge is 0.461 e. The first-order valence-electron chi connectivity index (χ1n) is 17.2. The summed E-state index contributed by atoms with van der Waals surface area (Å²) in [6, 6.07) is 17.3. The number of carbonyl (C=O) groups is 1. The van der Waals surface area contributed by atoms with Crippen LogP contribution in [0.2, 0.25) is 0 Å². The van der Waals surface area contributed by atoms with E-state index < -0.39 is 0 Å². The summed E-state index contributed by atoms with van der Waals surface area (Å²) in [4.78, 5) is 32.8. The molecule has 9 nitrogen and oxygen atoms in total. The van der Waals surface area contributed by atoms with Crippen molar-refractivity contribution in [2.75, 3.05) is 62.2 Å². The van der Waals surface area contributed by atoms with E-state index in [1.165, 1.54) is 66.4 Å². The summed E-state index contributed by atoms with van der Waals surface area (Å²) in [5.74, 6) is 1.33. The Hall–Kier alpha value is -4.11. The van der Waals surface area contributed by atoms with Gasteiger partial charge in [0.25, 0.3) is 5.91 Å². The minimum atomic E-state index is -0.0466. The smallest absolute Gasteiger partial charge is 0.318 e. The van der Waals surface area contributed by atoms with Crippen LogP contribution >= 0.6 is 0 Å². The fraction of sp³-hybridized carbons (Fsp3) is 0.486. The SMILES string of the molecule is CCc1cccc2cccc(N3CCc4c(nc(OCC56CCCN5CCC6)nc4N4CCCN(C(=O)c5ccco5)CC4)C3)c12. The molecule has 46 heavy (non-hydrogen) atoms. The number of hydrogen-bond donors (Lipinski definition) is 0. The van der Waals surface area contributed by atoms with E-state index in [0.29, 0.717) is 44.6 Å². The van der Waals surface area contributed by atoms with Gasteiger partial charge < -0.3 is 23.9 Å². The fourth-order valence-electron chi connectivity index (χ4n) is 8.42. The molecule has 9 heteroatoms. The van der Waals surface area contributed by atoms with Crippen molar-refractivity contribution in [2.45, 2.75) is 64.0 Å². The van der Waals surface area contributed by atoms with E-state index in [0.717, 1.165) is 43.9 Å². The highest BCUT2D eigenvalue weighted by molar-refractivity contribution is 5.97. The molecule has 3 saturated heterocycles. The molecule has 0 spiro atoms. The Balaban J connectivity index is 1.11. The number of aryl methyl sites for hydroxylation is 1. The highest BCUT2D eigenvalue weighted by Gasteiger charge is 2.45. The first-order chi connectivity index (χ1) is 22.6. The monoisotopic (exact) mass is 620 g/mol. The van der Waals surface area contributed by atoms with Crippen LogP contribution in [0.4, 0.5) is 11.5 Å². The molecule has 6 heterocycles. The average Bonchev–Trinajstić information content (AvgIpc) is 3.81. The van der Waals surface area contributed by atoms with Gasteiger partial charge in [0, 0.05) is 49.4 Å². The van der Waals surface area contributed by atoms with Crippen LogP contribution in [0.5, 0.6) is 6.01 Å². The minimum absolute atomic E-state index is 0.0466. The Bertz CT molecular complexity index is 1710. The third-order valence-corrected chi connectivity index (χ3v) is 10.8. The highest BCUT2D eigenvalue weighted by atomic mass is 16.5. The molecule has 0 atom stereocenters. The number of amides is 1. The zero-order valence-electron chi connectivity index (χ0n) is 26.9. The van der Waals surface area contributed by atoms with Gasteiger partial charge in [0.15, 0.2) is 5.76 Å². The van der Waals surface area contributed by atoms with E-state index in [2.05, 4.69) is 58.0 Å². The molecule has 0 saturated carbocycles. The van der Waals surface area contributed by atoms with Gasteiger partial charge in [-0.3, -0.25) is 9.69 Å². The second kappa shape index (κ2) is 12.2. The molecule has 4 aromatic rings. The molecular formula is C37H44N6O3. The van der Waals surface area contributed by atoms with Crippen molar-refractivity contribution in [1.82, 2.24) is 19.8 Å². The number of fused-ring (bicyclic) bond motifs is 3. The van der Waals surface area contributed by atoms with Gasteiger partial charge >= 0.3 is 6.01 Å². The van der Waals surface area contributed by atoms with Crippen molar-refractivity contribution in [3.63, 3.8) is 0 Å². The maximum absolute atomic E-state index is 13.1. The number of carbonyl (C=O) groups excluding carboxylic acids is 1. The molecule has 0 bridgehead atoms. The third kappa shape index (κ3) is 5.28. The van der Waals surface area contributed by atoms with E-state index in [-0.39, 0.29) is 11.4 Å². The van der Waals surface area contributed by atoms with Gasteiger partial charge in [-0.05, 0) is 87.2 Å².